The van der Waals surface area contributed by atoms with Gasteiger partial charge in [-0.05, 0) is 211 Å². The molecule has 4 aliphatic heterocycles. The molecule has 4 heterocycles. The van der Waals surface area contributed by atoms with Crippen LogP contribution in [0.25, 0.3) is 0 Å². The molecule has 0 bridgehead atoms. The van der Waals surface area contributed by atoms with Crippen LogP contribution in [0.5, 0.6) is 0 Å². The Morgan fingerprint density at radius 3 is 1.04 bits per heavy atom. The van der Waals surface area contributed by atoms with Gasteiger partial charge >= 0.3 is 89.2 Å². The molecule has 0 N–H and O–H groups in total. The number of ether oxygens (including phenoxy) is 3. The molecule has 5 fully saturated rings. The largest absolute Gasteiger partial charge is 0.456 e. The fourth-order valence-corrected chi connectivity index (χ4v) is 87.6. The van der Waals surface area contributed by atoms with Crippen LogP contribution in [0, 0.1) is 0 Å². The summed E-state index contributed by atoms with van der Waals surface area (Å²) in [7, 11) is -34.5. The molecule has 71 heavy (non-hydrogen) atoms. The molecule has 5 rings (SSSR count). The first-order valence-corrected chi connectivity index (χ1v) is 66.4. The summed E-state index contributed by atoms with van der Waals surface area (Å²) < 4.78 is 113. The molecule has 0 amide bonds. The minimum absolute atomic E-state index is 0.0205. The van der Waals surface area contributed by atoms with Crippen LogP contribution < -0.4 is 0 Å². The van der Waals surface area contributed by atoms with Gasteiger partial charge in [0, 0.05) is 13.2 Å². The van der Waals surface area contributed by atoms with Gasteiger partial charge in [-0.1, -0.05) is 0 Å². The lowest BCUT2D eigenvalue weighted by Crippen LogP contribution is -2.58. The van der Waals surface area contributed by atoms with E-state index in [4.69, 9.17) is 71.8 Å². The lowest BCUT2D eigenvalue weighted by Gasteiger charge is -2.43. The van der Waals surface area contributed by atoms with E-state index in [1.807, 2.05) is 0 Å². The van der Waals surface area contributed by atoms with Gasteiger partial charge < -0.3 is 71.8 Å². The molecule has 0 aromatic heterocycles. The van der Waals surface area contributed by atoms with Gasteiger partial charge in [-0.3, -0.25) is 0 Å². The van der Waals surface area contributed by atoms with Gasteiger partial charge in [-0.2, -0.15) is 0 Å². The maximum atomic E-state index is 7.23. The van der Waals surface area contributed by atoms with Crippen LogP contribution in [0.15, 0.2) is 0 Å². The summed E-state index contributed by atoms with van der Waals surface area (Å²) >= 11 is 0. The Hall–Kier alpha value is 2.79. The molecule has 5 aliphatic rings. The van der Waals surface area contributed by atoms with Gasteiger partial charge in [0.2, 0.25) is 0 Å². The quantitative estimate of drug-likeness (QED) is 0.0464. The van der Waals surface area contributed by atoms with E-state index in [-0.39, 0.29) is 6.29 Å². The van der Waals surface area contributed by atoms with Crippen molar-refractivity contribution in [1.29, 1.82) is 0 Å². The van der Waals surface area contributed by atoms with E-state index in [9.17, 15) is 0 Å². The van der Waals surface area contributed by atoms with E-state index in [2.05, 4.69) is 124 Å². The third kappa shape index (κ3) is 24.6. The van der Waals surface area contributed by atoms with Crippen LogP contribution in [-0.4, -0.2) is 173 Å². The summed E-state index contributed by atoms with van der Waals surface area (Å²) in [4.78, 5) is 0. The Morgan fingerprint density at radius 2 is 0.718 bits per heavy atom. The van der Waals surface area contributed by atoms with Crippen LogP contribution >= 0.6 is 0 Å². The summed E-state index contributed by atoms with van der Waals surface area (Å²) in [5, 5.41) is 0. The minimum Gasteiger partial charge on any atom is -0.456 e. The molecular formula is C38H100O17Si16. The van der Waals surface area contributed by atoms with Gasteiger partial charge in [0.05, 0.1) is 6.10 Å². The summed E-state index contributed by atoms with van der Waals surface area (Å²) in [5.74, 6) is 0. The summed E-state index contributed by atoms with van der Waals surface area (Å²) in [6.45, 7) is 45.0. The fourth-order valence-electron chi connectivity index (χ4n) is 10.4. The van der Waals surface area contributed by atoms with E-state index in [1.54, 1.807) is 0 Å². The van der Waals surface area contributed by atoms with Gasteiger partial charge in [0.15, 0.2) is 39.6 Å². The lowest BCUT2D eigenvalue weighted by molar-refractivity contribution is 0.0499. The van der Waals surface area contributed by atoms with Crippen LogP contribution in [0.1, 0.15) is 25.7 Å². The maximum Gasteiger partial charge on any atom is 0.317 e. The SMILES string of the molecule is C[SiH]1O[SiH](CC[Si](C)(C)O[Si](C)(C)CC[Si]2(C)O[SiH](C)O[Si](C)(CCCOC3CO3)O[SiH](C)O2)O[SiH](C)O[Si](C)(CC[Si](C)(C)O[Si](C)(C)CC[Si]2(C)O[SiH](C)O[Si](C)(CCCOC3CC3)O[SiH](C)O2)O1. The second kappa shape index (κ2) is 27.0. The molecule has 7 atom stereocenters. The van der Waals surface area contributed by atoms with Crippen molar-refractivity contribution in [3.05, 3.63) is 0 Å². The van der Waals surface area contributed by atoms with Gasteiger partial charge in [0.25, 0.3) is 18.6 Å². The Labute approximate surface area is 452 Å². The van der Waals surface area contributed by atoms with E-state index < -0.39 is 141 Å². The van der Waals surface area contributed by atoms with E-state index in [0.29, 0.717) is 19.3 Å². The predicted octanol–water partition coefficient (Wildman–Crippen LogP) is 8.09. The van der Waals surface area contributed by atoms with E-state index in [1.165, 1.54) is 12.8 Å². The van der Waals surface area contributed by atoms with Crippen molar-refractivity contribution in [3.8, 4) is 0 Å². The van der Waals surface area contributed by atoms with Crippen molar-refractivity contribution in [2.75, 3.05) is 19.8 Å². The molecule has 4 saturated heterocycles. The van der Waals surface area contributed by atoms with Crippen LogP contribution in [0.2, 0.25) is 185 Å². The second-order valence-electron chi connectivity index (χ2n) is 24.1. The number of epoxide rings is 1. The molecule has 33 heteroatoms. The molecule has 1 saturated carbocycles. The normalized spacial score (nSPS) is 38.4. The Balaban J connectivity index is 1.03. The average Bonchev–Trinajstić information content (AvgIpc) is 4.13. The second-order valence-corrected chi connectivity index (χ2v) is 75.5. The highest BCUT2D eigenvalue weighted by atomic mass is 28.5. The van der Waals surface area contributed by atoms with Gasteiger partial charge in [0.1, 0.15) is 6.61 Å². The third-order valence-electron chi connectivity index (χ3n) is 13.5. The van der Waals surface area contributed by atoms with Gasteiger partial charge in [-0.15, -0.1) is 0 Å². The Bertz CT molecular complexity index is 1600. The first kappa shape index (κ1) is 64.6. The highest BCUT2D eigenvalue weighted by Crippen LogP contribution is 2.36. The van der Waals surface area contributed by atoms with Crippen LogP contribution in [0.4, 0.5) is 0 Å². The van der Waals surface area contributed by atoms with E-state index in [0.717, 1.165) is 79.9 Å². The average molecular weight is 1280 g/mol. The topological polar surface area (TPSA) is 160 Å². The zero-order valence-electron chi connectivity index (χ0n) is 47.7. The summed E-state index contributed by atoms with van der Waals surface area (Å²) in [6.07, 6.45) is 4.72. The third-order valence-corrected chi connectivity index (χ3v) is 75.8. The first-order chi connectivity index (χ1) is 32.7. The molecular weight excluding hydrogens is 1180 g/mol. The smallest absolute Gasteiger partial charge is 0.317 e. The van der Waals surface area contributed by atoms with Crippen LogP contribution in [-0.2, 0) is 71.8 Å². The van der Waals surface area contributed by atoms with Crippen molar-refractivity contribution < 1.29 is 71.8 Å². The minimum atomic E-state index is -2.55. The van der Waals surface area contributed by atoms with Crippen molar-refractivity contribution in [3.63, 3.8) is 0 Å². The van der Waals surface area contributed by atoms with Gasteiger partial charge in [-0.25, -0.2) is 0 Å². The highest BCUT2D eigenvalue weighted by molar-refractivity contribution is 6.90. The van der Waals surface area contributed by atoms with Crippen molar-refractivity contribution >= 4 is 141 Å². The molecule has 418 valence electrons. The summed E-state index contributed by atoms with van der Waals surface area (Å²) in [5.41, 5.74) is 0. The molecule has 17 nitrogen and oxygen atoms in total. The fraction of sp³-hybridized carbons (Fsp3) is 1.00. The molecule has 0 aromatic rings. The van der Waals surface area contributed by atoms with Crippen molar-refractivity contribution in [1.82, 2.24) is 0 Å². The van der Waals surface area contributed by atoms with Crippen LogP contribution in [0.3, 0.4) is 0 Å². The number of rotatable bonds is 26. The maximum absolute atomic E-state index is 7.23. The Kier molecular flexibility index (Phi) is 24.6. The highest BCUT2D eigenvalue weighted by Gasteiger charge is 2.50. The molecule has 0 spiro atoms. The lowest BCUT2D eigenvalue weighted by atomic mass is 10.5. The molecule has 0 aromatic carbocycles. The standard InChI is InChI=1S/C38H100O17Si16/c1-56-42-62(26-29-63(7,8)54-64(9,10)31-34-70(18)52-60(5)48-68(16,49-61(6)53-70)28-21-25-40-38-36-41-38)43-57(2)45-69(17,44-56)33-30-65(11,12)55-66(13,14)32-35-71(19)50-58(3)46-67(15,47-59(4)51-71)27-20-24-39-37-22-23-37/h37-38,56-62H,20-36H2,1-19H3. The zero-order valence-corrected chi connectivity index (χ0v) is 64.7. The zero-order chi connectivity index (χ0) is 52.7. The predicted molar refractivity (Wildman–Crippen MR) is 320 cm³/mol. The molecule has 7 unspecified atom stereocenters. The van der Waals surface area contributed by atoms with Crippen molar-refractivity contribution in [2.24, 2.45) is 0 Å². The first-order valence-electron chi connectivity index (χ1n) is 27.0. The molecule has 0 radical (unpaired) electrons. The molecule has 1 aliphatic carbocycles. The Morgan fingerprint density at radius 1 is 0.423 bits per heavy atom. The monoisotopic (exact) mass is 1280 g/mol. The number of hydrogen-bond donors (Lipinski definition) is 0. The van der Waals surface area contributed by atoms with Crippen molar-refractivity contribution in [2.45, 2.75) is 223 Å². The summed E-state index contributed by atoms with van der Waals surface area (Å²) in [6, 6.07) is 9.34. The van der Waals surface area contributed by atoms with E-state index >= 15 is 0 Å². The number of hydrogen-bond acceptors (Lipinski definition) is 17.